The highest BCUT2D eigenvalue weighted by atomic mass is 32.1. The number of carboxylic acid groups (broad SMARTS) is 1. The zero-order chi connectivity index (χ0) is 18.1. The van der Waals surface area contributed by atoms with Crippen LogP contribution in [-0.4, -0.2) is 39.5 Å². The number of rotatable bonds is 3. The van der Waals surface area contributed by atoms with Gasteiger partial charge in [0.25, 0.3) is 5.91 Å². The summed E-state index contributed by atoms with van der Waals surface area (Å²) < 4.78 is 26.4. The third-order valence-corrected chi connectivity index (χ3v) is 5.27. The largest absolute Gasteiger partial charge is 0.481 e. The molecule has 0 spiro atoms. The fraction of sp³-hybridized carbons (Fsp3) is 0.353. The van der Waals surface area contributed by atoms with Crippen molar-refractivity contribution in [3.8, 4) is 10.6 Å². The summed E-state index contributed by atoms with van der Waals surface area (Å²) in [5.74, 6) is -3.76. The van der Waals surface area contributed by atoms with Crippen LogP contribution in [0.5, 0.6) is 0 Å². The Morgan fingerprint density at radius 1 is 1.28 bits per heavy atom. The molecule has 0 radical (unpaired) electrons. The first-order valence-corrected chi connectivity index (χ1v) is 8.69. The van der Waals surface area contributed by atoms with Gasteiger partial charge in [-0.2, -0.15) is 0 Å². The number of aromatic nitrogens is 1. The Labute approximate surface area is 146 Å². The fourth-order valence-electron chi connectivity index (χ4n) is 2.87. The number of carbonyl (C=O) groups is 2. The van der Waals surface area contributed by atoms with Crippen LogP contribution < -0.4 is 0 Å². The number of likely N-dealkylation sites (tertiary alicyclic amines) is 1. The molecule has 1 fully saturated rings. The van der Waals surface area contributed by atoms with Gasteiger partial charge in [-0.3, -0.25) is 9.59 Å². The Morgan fingerprint density at radius 3 is 2.72 bits per heavy atom. The van der Waals surface area contributed by atoms with Gasteiger partial charge in [0.15, 0.2) is 11.6 Å². The lowest BCUT2D eigenvalue weighted by Gasteiger charge is -2.36. The highest BCUT2D eigenvalue weighted by Crippen LogP contribution is 2.28. The lowest BCUT2D eigenvalue weighted by Crippen LogP contribution is -2.47. The predicted molar refractivity (Wildman–Crippen MR) is 88.3 cm³/mol. The maximum atomic E-state index is 13.4. The number of hydrogen-bond acceptors (Lipinski definition) is 4. The zero-order valence-corrected chi connectivity index (χ0v) is 14.2. The predicted octanol–water partition coefficient (Wildman–Crippen LogP) is 3.41. The summed E-state index contributed by atoms with van der Waals surface area (Å²) in [6, 6.07) is 3.37. The smallest absolute Gasteiger partial charge is 0.308 e. The molecule has 0 bridgehead atoms. The molecule has 1 aliphatic rings. The fourth-order valence-corrected chi connectivity index (χ4v) is 3.66. The number of hydrogen-bond donors (Lipinski definition) is 1. The summed E-state index contributed by atoms with van der Waals surface area (Å²) >= 11 is 1.15. The summed E-state index contributed by atoms with van der Waals surface area (Å²) in [4.78, 5) is 29.6. The minimum atomic E-state index is -0.977. The van der Waals surface area contributed by atoms with E-state index in [0.717, 1.165) is 23.5 Å². The maximum Gasteiger partial charge on any atom is 0.308 e. The van der Waals surface area contributed by atoms with Gasteiger partial charge in [0.05, 0.1) is 5.92 Å². The second-order valence-corrected chi connectivity index (χ2v) is 6.94. The van der Waals surface area contributed by atoms with Crippen molar-refractivity contribution in [2.24, 2.45) is 5.92 Å². The average Bonchev–Trinajstić information content (AvgIpc) is 3.07. The van der Waals surface area contributed by atoms with Crippen LogP contribution >= 0.6 is 11.3 Å². The molecule has 2 atom stereocenters. The molecule has 25 heavy (non-hydrogen) atoms. The maximum absolute atomic E-state index is 13.4. The van der Waals surface area contributed by atoms with Gasteiger partial charge in [-0.25, -0.2) is 13.8 Å². The molecule has 1 aliphatic heterocycles. The number of benzene rings is 1. The van der Waals surface area contributed by atoms with Crippen molar-refractivity contribution in [1.29, 1.82) is 0 Å². The first-order valence-electron chi connectivity index (χ1n) is 7.81. The van der Waals surface area contributed by atoms with Gasteiger partial charge in [0.1, 0.15) is 10.7 Å². The number of carboxylic acids is 1. The third-order valence-electron chi connectivity index (χ3n) is 4.38. The molecule has 1 aromatic heterocycles. The number of amides is 1. The molecule has 1 saturated heterocycles. The highest BCUT2D eigenvalue weighted by molar-refractivity contribution is 7.13. The van der Waals surface area contributed by atoms with Gasteiger partial charge in [-0.1, -0.05) is 0 Å². The Kier molecular flexibility index (Phi) is 4.80. The molecular formula is C17H16F2N2O3S. The Balaban J connectivity index is 1.82. The van der Waals surface area contributed by atoms with E-state index in [-0.39, 0.29) is 24.2 Å². The van der Waals surface area contributed by atoms with E-state index in [4.69, 9.17) is 0 Å². The topological polar surface area (TPSA) is 70.5 Å². The van der Waals surface area contributed by atoms with Crippen molar-refractivity contribution in [3.63, 3.8) is 0 Å². The van der Waals surface area contributed by atoms with Crippen molar-refractivity contribution in [2.75, 3.05) is 6.54 Å². The third kappa shape index (κ3) is 3.53. The van der Waals surface area contributed by atoms with E-state index >= 15 is 0 Å². The van der Waals surface area contributed by atoms with Gasteiger partial charge in [-0.05, 0) is 38.0 Å². The number of aliphatic carboxylic acids is 1. The number of thiazole rings is 1. The quantitative estimate of drug-likeness (QED) is 0.904. The SMILES string of the molecule is CC1CCC(C(=O)O)CN1C(=O)c1csc(-c2ccc(F)c(F)c2)n1. The summed E-state index contributed by atoms with van der Waals surface area (Å²) in [6.07, 6.45) is 1.15. The standard InChI is InChI=1S/C17H16F2N2O3S/c1-9-2-3-11(17(23)24)7-21(9)16(22)14-8-25-15(20-14)10-4-5-12(18)13(19)6-10/h4-6,8-9,11H,2-3,7H2,1H3,(H,23,24). The van der Waals surface area contributed by atoms with E-state index in [1.807, 2.05) is 6.92 Å². The van der Waals surface area contributed by atoms with Crippen LogP contribution in [0.4, 0.5) is 8.78 Å². The molecular weight excluding hydrogens is 350 g/mol. The Morgan fingerprint density at radius 2 is 2.04 bits per heavy atom. The Hall–Kier alpha value is -2.35. The van der Waals surface area contributed by atoms with E-state index < -0.39 is 23.5 Å². The van der Waals surface area contributed by atoms with Gasteiger partial charge in [0.2, 0.25) is 0 Å². The molecule has 2 unspecified atom stereocenters. The average molecular weight is 366 g/mol. The van der Waals surface area contributed by atoms with Crippen molar-refractivity contribution < 1.29 is 23.5 Å². The monoisotopic (exact) mass is 366 g/mol. The second kappa shape index (κ2) is 6.87. The van der Waals surface area contributed by atoms with Crippen LogP contribution in [0, 0.1) is 17.6 Å². The lowest BCUT2D eigenvalue weighted by molar-refractivity contribution is -0.143. The van der Waals surface area contributed by atoms with Crippen LogP contribution in [0.15, 0.2) is 23.6 Å². The summed E-state index contributed by atoms with van der Waals surface area (Å²) in [5, 5.41) is 11.1. The summed E-state index contributed by atoms with van der Waals surface area (Å²) in [6.45, 7) is 2.02. The van der Waals surface area contributed by atoms with E-state index in [9.17, 15) is 23.5 Å². The van der Waals surface area contributed by atoms with E-state index in [1.165, 1.54) is 11.0 Å². The zero-order valence-electron chi connectivity index (χ0n) is 13.4. The minimum absolute atomic E-state index is 0.0727. The number of halogens is 2. The lowest BCUT2D eigenvalue weighted by atomic mass is 9.93. The molecule has 5 nitrogen and oxygen atoms in total. The molecule has 8 heteroatoms. The second-order valence-electron chi connectivity index (χ2n) is 6.09. The van der Waals surface area contributed by atoms with Crippen LogP contribution in [0.25, 0.3) is 10.6 Å². The number of carbonyl (C=O) groups excluding carboxylic acids is 1. The Bertz CT molecular complexity index is 824. The first kappa shape index (κ1) is 17.5. The summed E-state index contributed by atoms with van der Waals surface area (Å²) in [5.41, 5.74) is 0.570. The van der Waals surface area contributed by atoms with Gasteiger partial charge in [-0.15, -0.1) is 11.3 Å². The minimum Gasteiger partial charge on any atom is -0.481 e. The molecule has 2 heterocycles. The number of nitrogens with zero attached hydrogens (tertiary/aromatic N) is 2. The van der Waals surface area contributed by atoms with Crippen molar-refractivity contribution in [1.82, 2.24) is 9.88 Å². The van der Waals surface area contributed by atoms with E-state index in [2.05, 4.69) is 4.98 Å². The molecule has 1 amide bonds. The number of piperidine rings is 1. The normalized spacial score (nSPS) is 20.5. The first-order chi connectivity index (χ1) is 11.9. The molecule has 3 rings (SSSR count). The molecule has 0 saturated carbocycles. The molecule has 1 N–H and O–H groups in total. The highest BCUT2D eigenvalue weighted by Gasteiger charge is 2.33. The van der Waals surface area contributed by atoms with Crippen LogP contribution in [-0.2, 0) is 4.79 Å². The van der Waals surface area contributed by atoms with Crippen molar-refractivity contribution >= 4 is 23.2 Å². The molecule has 132 valence electrons. The molecule has 2 aromatic rings. The summed E-state index contributed by atoms with van der Waals surface area (Å²) in [7, 11) is 0. The van der Waals surface area contributed by atoms with Crippen LogP contribution in [0.2, 0.25) is 0 Å². The molecule has 1 aromatic carbocycles. The van der Waals surface area contributed by atoms with Gasteiger partial charge in [0, 0.05) is 23.5 Å². The van der Waals surface area contributed by atoms with Crippen molar-refractivity contribution in [2.45, 2.75) is 25.8 Å². The van der Waals surface area contributed by atoms with E-state index in [1.54, 1.807) is 5.38 Å². The van der Waals surface area contributed by atoms with Crippen LogP contribution in [0.3, 0.4) is 0 Å². The molecule has 0 aliphatic carbocycles. The van der Waals surface area contributed by atoms with Gasteiger partial charge >= 0.3 is 5.97 Å². The van der Waals surface area contributed by atoms with Crippen molar-refractivity contribution in [3.05, 3.63) is 40.9 Å². The van der Waals surface area contributed by atoms with Gasteiger partial charge < -0.3 is 10.0 Å². The van der Waals surface area contributed by atoms with E-state index in [0.29, 0.717) is 23.4 Å². The van der Waals surface area contributed by atoms with Crippen LogP contribution in [0.1, 0.15) is 30.3 Å².